The van der Waals surface area contributed by atoms with Crippen LogP contribution >= 0.6 is 0 Å². The molecule has 0 saturated heterocycles. The second-order valence-electron chi connectivity index (χ2n) is 3.40. The van der Waals surface area contributed by atoms with Crippen LogP contribution in [0, 0.1) is 5.92 Å². The first kappa shape index (κ1) is 10.7. The van der Waals surface area contributed by atoms with E-state index >= 15 is 0 Å². The first-order chi connectivity index (χ1) is 6.61. The topological polar surface area (TPSA) is 83.8 Å². The first-order valence-corrected chi connectivity index (χ1v) is 4.63. The van der Waals surface area contributed by atoms with Crippen molar-refractivity contribution in [3.8, 4) is 0 Å². The summed E-state index contributed by atoms with van der Waals surface area (Å²) in [5.41, 5.74) is 5.60. The van der Waals surface area contributed by atoms with Gasteiger partial charge in [0, 0.05) is 24.4 Å². The molecule has 0 aliphatic carbocycles. The molecule has 1 rings (SSSR count). The Labute approximate surface area is 83.1 Å². The molecular weight excluding hydrogens is 180 g/mol. The summed E-state index contributed by atoms with van der Waals surface area (Å²) >= 11 is 0. The fourth-order valence-corrected chi connectivity index (χ4v) is 0.965. The van der Waals surface area contributed by atoms with Gasteiger partial charge in [0.15, 0.2) is 0 Å². The molecule has 0 fully saturated rings. The van der Waals surface area contributed by atoms with E-state index in [1.54, 1.807) is 12.4 Å². The van der Waals surface area contributed by atoms with Gasteiger partial charge in [-0.2, -0.15) is 0 Å². The monoisotopic (exact) mass is 196 g/mol. The van der Waals surface area contributed by atoms with Crippen LogP contribution in [0.25, 0.3) is 0 Å². The summed E-state index contributed by atoms with van der Waals surface area (Å²) in [5, 5.41) is 2.75. The molecular formula is C9H16N4O. The Hall–Kier alpha value is -1.36. The van der Waals surface area contributed by atoms with E-state index < -0.39 is 0 Å². The van der Waals surface area contributed by atoms with Gasteiger partial charge < -0.3 is 16.0 Å². The molecule has 2 atom stereocenters. The molecule has 0 aromatic carbocycles. The number of nitrogens with zero attached hydrogens (tertiary/aromatic N) is 1. The molecule has 1 aromatic rings. The third-order valence-electron chi connectivity index (χ3n) is 2.19. The lowest BCUT2D eigenvalue weighted by Crippen LogP contribution is -2.38. The van der Waals surface area contributed by atoms with Crippen molar-refractivity contribution in [3.63, 3.8) is 0 Å². The molecule has 2 unspecified atom stereocenters. The molecule has 4 N–H and O–H groups in total. The number of hydrogen-bond acceptors (Lipinski definition) is 3. The third-order valence-corrected chi connectivity index (χ3v) is 2.19. The number of imidazole rings is 1. The van der Waals surface area contributed by atoms with E-state index in [4.69, 9.17) is 5.73 Å². The number of H-pyrrole nitrogens is 1. The summed E-state index contributed by atoms with van der Waals surface area (Å²) in [6.45, 7) is 4.04. The molecule has 5 heteroatoms. The summed E-state index contributed by atoms with van der Waals surface area (Å²) in [7, 11) is 0. The van der Waals surface area contributed by atoms with Crippen molar-refractivity contribution in [1.29, 1.82) is 0 Å². The lowest BCUT2D eigenvalue weighted by molar-refractivity contribution is -0.125. The second-order valence-corrected chi connectivity index (χ2v) is 3.40. The van der Waals surface area contributed by atoms with Crippen molar-refractivity contribution in [2.45, 2.75) is 26.4 Å². The van der Waals surface area contributed by atoms with Crippen LogP contribution in [0.5, 0.6) is 0 Å². The smallest absolute Gasteiger partial charge is 0.224 e. The number of carbonyl (C=O) groups is 1. The Morgan fingerprint density at radius 3 is 2.93 bits per heavy atom. The van der Waals surface area contributed by atoms with Crippen molar-refractivity contribution < 1.29 is 4.79 Å². The van der Waals surface area contributed by atoms with Crippen molar-refractivity contribution in [3.05, 3.63) is 18.2 Å². The van der Waals surface area contributed by atoms with Crippen LogP contribution in [-0.4, -0.2) is 21.9 Å². The largest absolute Gasteiger partial charge is 0.349 e. The number of aromatic amines is 1. The Morgan fingerprint density at radius 2 is 2.43 bits per heavy atom. The van der Waals surface area contributed by atoms with E-state index in [1.165, 1.54) is 0 Å². The molecule has 1 amide bonds. The highest BCUT2D eigenvalue weighted by Gasteiger charge is 2.16. The van der Waals surface area contributed by atoms with Crippen LogP contribution in [0.2, 0.25) is 0 Å². The summed E-state index contributed by atoms with van der Waals surface area (Å²) in [6, 6.07) is -0.133. The van der Waals surface area contributed by atoms with Gasteiger partial charge in [-0.3, -0.25) is 4.79 Å². The van der Waals surface area contributed by atoms with Gasteiger partial charge in [0.1, 0.15) is 5.82 Å². The van der Waals surface area contributed by atoms with Crippen molar-refractivity contribution in [2.75, 3.05) is 0 Å². The molecule has 0 radical (unpaired) electrons. The van der Waals surface area contributed by atoms with Crippen molar-refractivity contribution in [1.82, 2.24) is 15.3 Å². The highest BCUT2D eigenvalue weighted by Crippen LogP contribution is 1.99. The van der Waals surface area contributed by atoms with Crippen molar-refractivity contribution in [2.24, 2.45) is 11.7 Å². The molecule has 0 aliphatic rings. The number of hydrogen-bond donors (Lipinski definition) is 3. The Kier molecular flexibility index (Phi) is 3.64. The van der Waals surface area contributed by atoms with Crippen LogP contribution in [0.3, 0.4) is 0 Å². The number of rotatable bonds is 4. The van der Waals surface area contributed by atoms with Gasteiger partial charge in [0.05, 0.1) is 6.54 Å². The summed E-state index contributed by atoms with van der Waals surface area (Å²) < 4.78 is 0. The molecule has 78 valence electrons. The van der Waals surface area contributed by atoms with E-state index in [1.807, 2.05) is 13.8 Å². The molecule has 1 aromatic heterocycles. The summed E-state index contributed by atoms with van der Waals surface area (Å²) in [5.74, 6) is 0.525. The van der Waals surface area contributed by atoms with E-state index in [9.17, 15) is 4.79 Å². The number of amides is 1. The number of nitrogens with two attached hydrogens (primary N) is 1. The average Bonchev–Trinajstić information content (AvgIpc) is 2.65. The van der Waals surface area contributed by atoms with Gasteiger partial charge in [-0.05, 0) is 6.92 Å². The predicted octanol–water partition coefficient (Wildman–Crippen LogP) is 0.00920. The zero-order valence-corrected chi connectivity index (χ0v) is 8.45. The quantitative estimate of drug-likeness (QED) is 0.634. The van der Waals surface area contributed by atoms with Gasteiger partial charge >= 0.3 is 0 Å². The van der Waals surface area contributed by atoms with Gasteiger partial charge in [-0.15, -0.1) is 0 Å². The highest BCUT2D eigenvalue weighted by atomic mass is 16.1. The number of nitrogens with one attached hydrogen (secondary N) is 2. The van der Waals surface area contributed by atoms with Crippen LogP contribution in [0.4, 0.5) is 0 Å². The molecule has 0 bridgehead atoms. The average molecular weight is 196 g/mol. The SMILES string of the molecule is CC(N)C(C)C(=O)NCc1ncc[nH]1. The van der Waals surface area contributed by atoms with Crippen LogP contribution < -0.4 is 11.1 Å². The zero-order valence-electron chi connectivity index (χ0n) is 8.45. The minimum atomic E-state index is -0.176. The molecule has 0 spiro atoms. The fraction of sp³-hybridized carbons (Fsp3) is 0.556. The Balaban J connectivity index is 2.35. The number of carbonyl (C=O) groups excluding carboxylic acids is 1. The Bertz CT molecular complexity index is 281. The molecule has 1 heterocycles. The number of aromatic nitrogens is 2. The minimum absolute atomic E-state index is 0.0450. The van der Waals surface area contributed by atoms with Gasteiger partial charge in [0.25, 0.3) is 0 Å². The lowest BCUT2D eigenvalue weighted by atomic mass is 10.0. The maximum absolute atomic E-state index is 11.4. The van der Waals surface area contributed by atoms with Crippen LogP contribution in [0.15, 0.2) is 12.4 Å². The molecule has 5 nitrogen and oxygen atoms in total. The summed E-state index contributed by atoms with van der Waals surface area (Å²) in [6.07, 6.45) is 3.37. The molecule has 14 heavy (non-hydrogen) atoms. The van der Waals surface area contributed by atoms with E-state index in [-0.39, 0.29) is 17.9 Å². The van der Waals surface area contributed by atoms with Gasteiger partial charge in [0.2, 0.25) is 5.91 Å². The highest BCUT2D eigenvalue weighted by molar-refractivity contribution is 5.78. The third kappa shape index (κ3) is 2.85. The molecule has 0 saturated carbocycles. The normalized spacial score (nSPS) is 14.8. The fourth-order valence-electron chi connectivity index (χ4n) is 0.965. The zero-order chi connectivity index (χ0) is 10.6. The van der Waals surface area contributed by atoms with Crippen LogP contribution in [-0.2, 0) is 11.3 Å². The lowest BCUT2D eigenvalue weighted by Gasteiger charge is -2.14. The van der Waals surface area contributed by atoms with E-state index in [0.717, 1.165) is 5.82 Å². The van der Waals surface area contributed by atoms with E-state index in [0.29, 0.717) is 6.54 Å². The Morgan fingerprint density at radius 1 is 1.71 bits per heavy atom. The minimum Gasteiger partial charge on any atom is -0.349 e. The first-order valence-electron chi connectivity index (χ1n) is 4.63. The van der Waals surface area contributed by atoms with Crippen molar-refractivity contribution >= 4 is 5.91 Å². The standard InChI is InChI=1S/C9H16N4O/c1-6(7(2)10)9(14)13-5-8-11-3-4-12-8/h3-4,6-7H,5,10H2,1-2H3,(H,11,12)(H,13,14). The predicted molar refractivity (Wildman–Crippen MR) is 53.2 cm³/mol. The van der Waals surface area contributed by atoms with Gasteiger partial charge in [-0.1, -0.05) is 6.92 Å². The van der Waals surface area contributed by atoms with Crippen LogP contribution in [0.1, 0.15) is 19.7 Å². The van der Waals surface area contributed by atoms with Gasteiger partial charge in [-0.25, -0.2) is 4.98 Å². The summed E-state index contributed by atoms with van der Waals surface area (Å²) in [4.78, 5) is 18.3. The van der Waals surface area contributed by atoms with E-state index in [2.05, 4.69) is 15.3 Å². The molecule has 0 aliphatic heterocycles. The maximum Gasteiger partial charge on any atom is 0.224 e. The second kappa shape index (κ2) is 4.76. The maximum atomic E-state index is 11.4.